The summed E-state index contributed by atoms with van der Waals surface area (Å²) in [4.78, 5) is 44.9. The summed E-state index contributed by atoms with van der Waals surface area (Å²) in [6, 6.07) is 8.42. The maximum absolute atomic E-state index is 14.1. The van der Waals surface area contributed by atoms with Crippen LogP contribution in [0.5, 0.6) is 0 Å². The Morgan fingerprint density at radius 2 is 1.57 bits per heavy atom. The lowest BCUT2D eigenvalue weighted by atomic mass is 9.87. The molecule has 42 heavy (non-hydrogen) atoms. The Morgan fingerprint density at radius 1 is 0.952 bits per heavy atom. The highest BCUT2D eigenvalue weighted by Crippen LogP contribution is 2.31. The molecular weight excluding hydrogens is 573 g/mol. The first-order valence-corrected chi connectivity index (χ1v) is 16.1. The van der Waals surface area contributed by atoms with E-state index in [9.17, 15) is 14.4 Å². The number of urea groups is 1. The van der Waals surface area contributed by atoms with E-state index in [2.05, 4.69) is 22.5 Å². The normalized spacial score (nSPS) is 25.6. The van der Waals surface area contributed by atoms with Gasteiger partial charge in [-0.1, -0.05) is 49.9 Å². The second-order valence-corrected chi connectivity index (χ2v) is 13.2. The maximum atomic E-state index is 14.1. The van der Waals surface area contributed by atoms with Crippen molar-refractivity contribution < 1.29 is 14.4 Å². The Morgan fingerprint density at radius 3 is 2.14 bits per heavy atom. The van der Waals surface area contributed by atoms with Gasteiger partial charge < -0.3 is 25.3 Å². The summed E-state index contributed by atoms with van der Waals surface area (Å²) in [6.45, 7) is 5.08. The minimum Gasteiger partial charge on any atom is -0.354 e. The number of nitrogens with one attached hydrogen (secondary N) is 2. The van der Waals surface area contributed by atoms with E-state index in [1.807, 2.05) is 43.3 Å². The van der Waals surface area contributed by atoms with E-state index in [-0.39, 0.29) is 60.3 Å². The van der Waals surface area contributed by atoms with E-state index in [0.29, 0.717) is 30.6 Å². The van der Waals surface area contributed by atoms with Crippen LogP contribution in [0.1, 0.15) is 83.6 Å². The molecule has 3 aliphatic rings. The van der Waals surface area contributed by atoms with Gasteiger partial charge in [-0.25, -0.2) is 4.79 Å². The molecule has 0 unspecified atom stereocenters. The third-order valence-corrected chi connectivity index (χ3v) is 9.58. The van der Waals surface area contributed by atoms with Crippen LogP contribution in [0.3, 0.4) is 0 Å². The number of rotatable bonds is 8. The minimum absolute atomic E-state index is 0. The first-order valence-electron chi connectivity index (χ1n) is 15.7. The van der Waals surface area contributed by atoms with Gasteiger partial charge in [-0.2, -0.15) is 0 Å². The molecule has 1 aliphatic heterocycles. The van der Waals surface area contributed by atoms with Crippen LogP contribution in [0.2, 0.25) is 5.02 Å². The molecule has 0 bridgehead atoms. The van der Waals surface area contributed by atoms with Gasteiger partial charge in [-0.05, 0) is 75.0 Å². The van der Waals surface area contributed by atoms with Gasteiger partial charge in [-0.15, -0.1) is 12.4 Å². The lowest BCUT2D eigenvalue weighted by Crippen LogP contribution is -2.60. The van der Waals surface area contributed by atoms with Crippen molar-refractivity contribution in [2.75, 3.05) is 27.2 Å². The monoisotopic (exact) mass is 623 g/mol. The number of hydrogen-bond donors (Lipinski definition) is 2. The Balaban J connectivity index is 0.00000484. The van der Waals surface area contributed by atoms with Crippen LogP contribution < -0.4 is 10.6 Å². The molecule has 1 aromatic rings. The number of hydrogen-bond acceptors (Lipinski definition) is 4. The molecule has 1 saturated heterocycles. The molecule has 2 N–H and O–H groups in total. The van der Waals surface area contributed by atoms with Crippen molar-refractivity contribution in [2.24, 2.45) is 5.92 Å². The molecule has 0 radical (unpaired) electrons. The minimum atomic E-state index is -0.333. The number of likely N-dealkylation sites (tertiary alicyclic amines) is 1. The lowest BCUT2D eigenvalue weighted by molar-refractivity contribution is -0.136. The summed E-state index contributed by atoms with van der Waals surface area (Å²) in [5.41, 5.74) is 1.08. The molecule has 3 atom stereocenters. The fraction of sp³-hybridized carbons (Fsp3) is 0.719. The van der Waals surface area contributed by atoms with Crippen molar-refractivity contribution in [3.63, 3.8) is 0 Å². The quantitative estimate of drug-likeness (QED) is 0.413. The van der Waals surface area contributed by atoms with E-state index in [4.69, 9.17) is 11.6 Å². The summed E-state index contributed by atoms with van der Waals surface area (Å²) in [5.74, 6) is 0.351. The van der Waals surface area contributed by atoms with E-state index < -0.39 is 0 Å². The molecule has 2 aliphatic carbocycles. The molecule has 2 saturated carbocycles. The summed E-state index contributed by atoms with van der Waals surface area (Å²) in [6.07, 6.45) is 10.8. The number of amides is 4. The highest BCUT2D eigenvalue weighted by molar-refractivity contribution is 6.30. The molecule has 1 heterocycles. The van der Waals surface area contributed by atoms with Crippen LogP contribution in [-0.2, 0) is 16.0 Å². The molecule has 4 rings (SSSR count). The third-order valence-electron chi connectivity index (χ3n) is 9.32. The summed E-state index contributed by atoms with van der Waals surface area (Å²) < 4.78 is 0. The first kappa shape index (κ1) is 34.5. The van der Waals surface area contributed by atoms with Crippen LogP contribution in [-0.4, -0.2) is 89.9 Å². The predicted molar refractivity (Wildman–Crippen MR) is 171 cm³/mol. The number of benzene rings is 1. The Hall–Kier alpha value is -2.03. The Labute approximate surface area is 263 Å². The third kappa shape index (κ3) is 9.23. The molecule has 236 valence electrons. The second-order valence-electron chi connectivity index (χ2n) is 12.8. The smallest absolute Gasteiger partial charge is 0.319 e. The predicted octanol–water partition coefficient (Wildman–Crippen LogP) is 5.26. The van der Waals surface area contributed by atoms with Gasteiger partial charge in [-0.3, -0.25) is 9.59 Å². The van der Waals surface area contributed by atoms with Gasteiger partial charge in [0, 0.05) is 63.3 Å². The molecule has 3 fully saturated rings. The van der Waals surface area contributed by atoms with Crippen molar-refractivity contribution in [1.29, 1.82) is 0 Å². The van der Waals surface area contributed by atoms with Crippen LogP contribution >= 0.6 is 24.0 Å². The fourth-order valence-electron chi connectivity index (χ4n) is 7.18. The van der Waals surface area contributed by atoms with Crippen LogP contribution in [0.4, 0.5) is 4.79 Å². The Kier molecular flexibility index (Phi) is 13.3. The number of nitrogens with zero attached hydrogens (tertiary/aromatic N) is 3. The molecule has 0 spiro atoms. The van der Waals surface area contributed by atoms with E-state index in [1.165, 1.54) is 19.3 Å². The van der Waals surface area contributed by atoms with Gasteiger partial charge >= 0.3 is 6.03 Å². The maximum Gasteiger partial charge on any atom is 0.319 e. The van der Waals surface area contributed by atoms with Gasteiger partial charge in [0.15, 0.2) is 0 Å². The molecular formula is C32H51Cl2N5O3. The van der Waals surface area contributed by atoms with Crippen molar-refractivity contribution in [3.05, 3.63) is 34.9 Å². The SMILES string of the molecule is CC(=O)N[C@H]1CC[C@@H](N[C@H](Cc2ccc(Cl)cc2)C(=O)N2CC[C@@H](N(C(=O)N(C)C)C3CCCCC3)[C@H](C)C2)CC1.Cl. The standard InChI is InChI=1S/C32H50ClN5O3.ClH/c1-22-21-37(19-18-30(22)38(32(41)36(3)4)28-8-6-5-7-9-28)31(40)29(20-24-10-12-25(33)13-11-24)35-27-16-14-26(15-17-27)34-23(2)39;/h10-13,22,26-30,35H,5-9,14-21H2,1-4H3,(H,34,39);1H/t22-,26-,27+,29-,30-;/m1./s1. The number of carbonyl (C=O) groups is 3. The van der Waals surface area contributed by atoms with Crippen molar-refractivity contribution in [2.45, 2.75) is 115 Å². The van der Waals surface area contributed by atoms with Crippen LogP contribution in [0.25, 0.3) is 0 Å². The Bertz CT molecular complexity index is 1030. The van der Waals surface area contributed by atoms with E-state index in [1.54, 1.807) is 11.8 Å². The molecule has 8 nitrogen and oxygen atoms in total. The van der Waals surface area contributed by atoms with E-state index >= 15 is 0 Å². The van der Waals surface area contributed by atoms with Crippen LogP contribution in [0, 0.1) is 5.92 Å². The molecule has 10 heteroatoms. The van der Waals surface area contributed by atoms with E-state index in [0.717, 1.165) is 50.5 Å². The average molecular weight is 625 g/mol. The van der Waals surface area contributed by atoms with Crippen molar-refractivity contribution in [1.82, 2.24) is 25.3 Å². The lowest BCUT2D eigenvalue weighted by Gasteiger charge is -2.48. The van der Waals surface area contributed by atoms with Crippen molar-refractivity contribution in [3.8, 4) is 0 Å². The summed E-state index contributed by atoms with van der Waals surface area (Å²) in [7, 11) is 3.69. The largest absolute Gasteiger partial charge is 0.354 e. The van der Waals surface area contributed by atoms with Gasteiger partial charge in [0.1, 0.15) is 0 Å². The van der Waals surface area contributed by atoms with Crippen molar-refractivity contribution >= 4 is 41.9 Å². The zero-order valence-electron chi connectivity index (χ0n) is 25.8. The van der Waals surface area contributed by atoms with Gasteiger partial charge in [0.2, 0.25) is 11.8 Å². The molecule has 1 aromatic carbocycles. The highest BCUT2D eigenvalue weighted by atomic mass is 35.5. The van der Waals surface area contributed by atoms with Gasteiger partial charge in [0.05, 0.1) is 6.04 Å². The zero-order valence-corrected chi connectivity index (χ0v) is 27.4. The average Bonchev–Trinajstić information content (AvgIpc) is 2.95. The van der Waals surface area contributed by atoms with Crippen LogP contribution in [0.15, 0.2) is 24.3 Å². The highest BCUT2D eigenvalue weighted by Gasteiger charge is 2.40. The second kappa shape index (κ2) is 16.2. The first-order chi connectivity index (χ1) is 19.6. The number of piperidine rings is 1. The molecule has 0 aromatic heterocycles. The summed E-state index contributed by atoms with van der Waals surface area (Å²) in [5, 5.41) is 7.45. The topological polar surface area (TPSA) is 85.0 Å². The number of halogens is 2. The van der Waals surface area contributed by atoms with Gasteiger partial charge in [0.25, 0.3) is 0 Å². The molecule has 4 amide bonds. The zero-order chi connectivity index (χ0) is 29.5. The summed E-state index contributed by atoms with van der Waals surface area (Å²) >= 11 is 6.14. The number of carbonyl (C=O) groups excluding carboxylic acids is 3. The fourth-order valence-corrected chi connectivity index (χ4v) is 7.30.